The molecule has 1 fully saturated rings. The standard InChI is InChI=1S/C23H20O13/c1-7(24)33-11-4-8-13-14-9(22(29)35-19(13)17(11)30-2)5-12(18(31-3)20(14)36-21(8)28)34-23-16(27)15(26)10(25)6-32-23/h4-5,10,15-16,23,25-27H,6H2,1-3H3. The van der Waals surface area contributed by atoms with Crippen molar-refractivity contribution >= 4 is 38.7 Å². The molecule has 4 unspecified atom stereocenters. The van der Waals surface area contributed by atoms with Gasteiger partial charge >= 0.3 is 17.2 Å². The van der Waals surface area contributed by atoms with Crippen LogP contribution in [-0.4, -0.2) is 66.7 Å². The lowest BCUT2D eigenvalue weighted by Gasteiger charge is -2.35. The van der Waals surface area contributed by atoms with Gasteiger partial charge in [-0.2, -0.15) is 0 Å². The van der Waals surface area contributed by atoms with Crippen molar-refractivity contribution in [2.24, 2.45) is 0 Å². The van der Waals surface area contributed by atoms with Crippen molar-refractivity contribution in [2.75, 3.05) is 20.8 Å². The van der Waals surface area contributed by atoms with E-state index in [9.17, 15) is 29.7 Å². The number of esters is 1. The van der Waals surface area contributed by atoms with E-state index in [1.165, 1.54) is 26.4 Å². The third kappa shape index (κ3) is 3.52. The van der Waals surface area contributed by atoms with E-state index in [4.69, 9.17) is 32.5 Å². The Bertz CT molecular complexity index is 1600. The predicted molar refractivity (Wildman–Crippen MR) is 120 cm³/mol. The number of ether oxygens (including phenoxy) is 5. The van der Waals surface area contributed by atoms with Crippen LogP contribution in [0, 0.1) is 0 Å². The number of rotatable bonds is 5. The summed E-state index contributed by atoms with van der Waals surface area (Å²) >= 11 is 0. The Balaban J connectivity index is 1.80. The Hall–Kier alpha value is -3.91. The summed E-state index contributed by atoms with van der Waals surface area (Å²) in [5, 5.41) is 30.1. The SMILES string of the molecule is COc1c(OC(C)=O)cc2c(=O)oc3c(OC)c(OC4OCC(O)C(O)C4O)cc4c(=O)oc1c2c34. The average Bonchev–Trinajstić information content (AvgIpc) is 2.83. The summed E-state index contributed by atoms with van der Waals surface area (Å²) in [6.45, 7) is 0.822. The molecular formula is C23H20O13. The van der Waals surface area contributed by atoms with Crippen LogP contribution in [0.1, 0.15) is 6.92 Å². The number of carbonyl (C=O) groups excluding carboxylic acids is 1. The number of hydrogen-bond acceptors (Lipinski definition) is 13. The molecule has 0 amide bonds. The van der Waals surface area contributed by atoms with Gasteiger partial charge in [-0.05, 0) is 6.07 Å². The van der Waals surface area contributed by atoms with Crippen molar-refractivity contribution < 1.29 is 52.6 Å². The van der Waals surface area contributed by atoms with Gasteiger partial charge in [0.05, 0.1) is 31.6 Å². The molecule has 3 N–H and O–H groups in total. The van der Waals surface area contributed by atoms with Crippen LogP contribution >= 0.6 is 0 Å². The molecule has 3 heterocycles. The van der Waals surface area contributed by atoms with Crippen LogP contribution in [0.15, 0.2) is 30.6 Å². The molecule has 1 saturated heterocycles. The van der Waals surface area contributed by atoms with Gasteiger partial charge in [0.2, 0.25) is 17.8 Å². The highest BCUT2D eigenvalue weighted by atomic mass is 16.7. The topological polar surface area (TPSA) is 184 Å². The first-order chi connectivity index (χ1) is 17.2. The first-order valence-corrected chi connectivity index (χ1v) is 10.6. The third-order valence-corrected chi connectivity index (χ3v) is 5.84. The summed E-state index contributed by atoms with van der Waals surface area (Å²) in [6.07, 6.45) is -5.97. The van der Waals surface area contributed by atoms with Gasteiger partial charge in [0.25, 0.3) is 0 Å². The number of methoxy groups -OCH3 is 2. The molecule has 1 aliphatic heterocycles. The quantitative estimate of drug-likeness (QED) is 0.146. The number of aliphatic hydroxyl groups is 3. The molecule has 13 nitrogen and oxygen atoms in total. The van der Waals surface area contributed by atoms with Gasteiger partial charge in [-0.15, -0.1) is 0 Å². The smallest absolute Gasteiger partial charge is 0.344 e. The van der Waals surface area contributed by atoms with E-state index < -0.39 is 41.8 Å². The Kier molecular flexibility index (Phi) is 5.71. The molecule has 36 heavy (non-hydrogen) atoms. The van der Waals surface area contributed by atoms with E-state index in [-0.39, 0.29) is 62.3 Å². The van der Waals surface area contributed by atoms with Crippen LogP contribution < -0.4 is 30.2 Å². The van der Waals surface area contributed by atoms with Crippen LogP contribution in [-0.2, 0) is 9.53 Å². The van der Waals surface area contributed by atoms with Crippen LogP contribution in [0.3, 0.4) is 0 Å². The largest absolute Gasteiger partial charge is 0.490 e. The minimum absolute atomic E-state index is 0.0535. The molecule has 4 aromatic rings. The average molecular weight is 504 g/mol. The highest BCUT2D eigenvalue weighted by Gasteiger charge is 2.40. The normalized spacial score (nSPS) is 22.3. The van der Waals surface area contributed by atoms with Crippen LogP contribution in [0.4, 0.5) is 0 Å². The molecule has 0 bridgehead atoms. The van der Waals surface area contributed by atoms with Crippen molar-refractivity contribution in [3.63, 3.8) is 0 Å². The molecule has 13 heteroatoms. The van der Waals surface area contributed by atoms with E-state index in [1.807, 2.05) is 0 Å². The van der Waals surface area contributed by atoms with E-state index in [0.717, 1.165) is 6.92 Å². The van der Waals surface area contributed by atoms with Gasteiger partial charge in [-0.3, -0.25) is 4.79 Å². The lowest BCUT2D eigenvalue weighted by molar-refractivity contribution is -0.242. The highest BCUT2D eigenvalue weighted by Crippen LogP contribution is 2.46. The molecule has 4 atom stereocenters. The monoisotopic (exact) mass is 504 g/mol. The molecule has 190 valence electrons. The lowest BCUT2D eigenvalue weighted by atomic mass is 10.0. The molecule has 0 saturated carbocycles. The molecule has 1 aliphatic rings. The summed E-state index contributed by atoms with van der Waals surface area (Å²) in [4.78, 5) is 37.6. The fourth-order valence-corrected chi connectivity index (χ4v) is 4.25. The molecule has 0 radical (unpaired) electrons. The molecule has 0 spiro atoms. The van der Waals surface area contributed by atoms with Gasteiger partial charge < -0.3 is 47.8 Å². The first-order valence-electron chi connectivity index (χ1n) is 10.6. The van der Waals surface area contributed by atoms with E-state index >= 15 is 0 Å². The second-order valence-corrected chi connectivity index (χ2v) is 8.06. The Morgan fingerprint density at radius 2 is 1.42 bits per heavy atom. The lowest BCUT2D eigenvalue weighted by Crippen LogP contribution is -2.54. The first kappa shape index (κ1) is 23.8. The predicted octanol–water partition coefficient (Wildman–Crippen LogP) is 0.251. The molecular weight excluding hydrogens is 484 g/mol. The third-order valence-electron chi connectivity index (χ3n) is 5.84. The summed E-state index contributed by atoms with van der Waals surface area (Å²) in [5.74, 6) is -1.21. The summed E-state index contributed by atoms with van der Waals surface area (Å²) < 4.78 is 37.8. The summed E-state index contributed by atoms with van der Waals surface area (Å²) in [5.41, 5.74) is -2.08. The van der Waals surface area contributed by atoms with E-state index in [0.29, 0.717) is 0 Å². The molecule has 2 aromatic heterocycles. The fourth-order valence-electron chi connectivity index (χ4n) is 4.25. The zero-order valence-electron chi connectivity index (χ0n) is 19.1. The number of carbonyl (C=O) groups is 1. The van der Waals surface area contributed by atoms with Gasteiger partial charge in [-0.1, -0.05) is 0 Å². The van der Waals surface area contributed by atoms with Gasteiger partial charge in [0.15, 0.2) is 22.7 Å². The van der Waals surface area contributed by atoms with Gasteiger partial charge in [-0.25, -0.2) is 9.59 Å². The minimum Gasteiger partial charge on any atom is -0.490 e. The summed E-state index contributed by atoms with van der Waals surface area (Å²) in [6, 6.07) is 2.48. The Labute approximate surface area is 200 Å². The second kappa shape index (κ2) is 8.64. The Morgan fingerprint density at radius 3 is 1.94 bits per heavy atom. The highest BCUT2D eigenvalue weighted by molar-refractivity contribution is 6.22. The summed E-state index contributed by atoms with van der Waals surface area (Å²) in [7, 11) is 2.53. The zero-order chi connectivity index (χ0) is 25.9. The van der Waals surface area contributed by atoms with Gasteiger partial charge in [0.1, 0.15) is 18.3 Å². The molecule has 2 aromatic carbocycles. The van der Waals surface area contributed by atoms with Crippen molar-refractivity contribution in [3.8, 4) is 23.0 Å². The molecule has 0 aliphatic carbocycles. The van der Waals surface area contributed by atoms with Gasteiger partial charge in [0, 0.05) is 23.8 Å². The van der Waals surface area contributed by atoms with E-state index in [1.54, 1.807) is 0 Å². The Morgan fingerprint density at radius 1 is 0.889 bits per heavy atom. The van der Waals surface area contributed by atoms with E-state index in [2.05, 4.69) is 0 Å². The number of benzene rings is 2. The fraction of sp³-hybridized carbons (Fsp3) is 0.348. The van der Waals surface area contributed by atoms with Crippen molar-refractivity contribution in [1.29, 1.82) is 0 Å². The second-order valence-electron chi connectivity index (χ2n) is 8.06. The maximum absolute atomic E-state index is 13.0. The van der Waals surface area contributed by atoms with Crippen molar-refractivity contribution in [1.82, 2.24) is 0 Å². The number of aliphatic hydroxyl groups excluding tert-OH is 3. The van der Waals surface area contributed by atoms with Crippen molar-refractivity contribution in [2.45, 2.75) is 31.5 Å². The van der Waals surface area contributed by atoms with Crippen LogP contribution in [0.5, 0.6) is 23.0 Å². The van der Waals surface area contributed by atoms with Crippen LogP contribution in [0.25, 0.3) is 32.7 Å². The van der Waals surface area contributed by atoms with Crippen LogP contribution in [0.2, 0.25) is 0 Å². The van der Waals surface area contributed by atoms with Crippen molar-refractivity contribution in [3.05, 3.63) is 33.0 Å². The minimum atomic E-state index is -1.64. The number of hydrogen-bond donors (Lipinski definition) is 3. The maximum Gasteiger partial charge on any atom is 0.344 e. The zero-order valence-corrected chi connectivity index (χ0v) is 19.1. The maximum atomic E-state index is 13.0. The molecule has 5 rings (SSSR count).